The third-order valence-corrected chi connectivity index (χ3v) is 3.28. The van der Waals surface area contributed by atoms with Gasteiger partial charge in [-0.1, -0.05) is 39.5 Å². The Bertz CT molecular complexity index is 466. The van der Waals surface area contributed by atoms with Crippen molar-refractivity contribution in [3.63, 3.8) is 0 Å². The van der Waals surface area contributed by atoms with Gasteiger partial charge in [0.2, 0.25) is 0 Å². The lowest BCUT2D eigenvalue weighted by atomic mass is 9.96. The van der Waals surface area contributed by atoms with E-state index in [-0.39, 0.29) is 11.5 Å². The summed E-state index contributed by atoms with van der Waals surface area (Å²) in [5.41, 5.74) is 1.13. The highest BCUT2D eigenvalue weighted by Crippen LogP contribution is 2.28. The minimum atomic E-state index is 0.0435. The molecule has 1 aromatic rings. The maximum Gasteiger partial charge on any atom is 0.0465 e. The van der Waals surface area contributed by atoms with E-state index in [1.807, 2.05) is 25.2 Å². The Labute approximate surface area is 123 Å². The van der Waals surface area contributed by atoms with E-state index in [4.69, 9.17) is 11.6 Å². The molecular formula is C15H19BrClN. The smallest absolute Gasteiger partial charge is 0.0465 e. The van der Waals surface area contributed by atoms with Gasteiger partial charge in [0.1, 0.15) is 0 Å². The fraction of sp³-hybridized carbons (Fsp3) is 0.467. The van der Waals surface area contributed by atoms with E-state index in [0.717, 1.165) is 21.5 Å². The van der Waals surface area contributed by atoms with Crippen LogP contribution in [-0.2, 0) is 0 Å². The predicted molar refractivity (Wildman–Crippen MR) is 82.8 cm³/mol. The van der Waals surface area contributed by atoms with E-state index in [9.17, 15) is 0 Å². The molecule has 1 nitrogen and oxygen atoms in total. The van der Waals surface area contributed by atoms with Gasteiger partial charge in [0, 0.05) is 27.4 Å². The van der Waals surface area contributed by atoms with Crippen LogP contribution in [0, 0.1) is 17.3 Å². The van der Waals surface area contributed by atoms with Crippen molar-refractivity contribution in [3.05, 3.63) is 33.3 Å². The zero-order valence-corrected chi connectivity index (χ0v) is 13.6. The first-order chi connectivity index (χ1) is 8.33. The Balaban J connectivity index is 2.86. The normalized spacial score (nSPS) is 12.8. The van der Waals surface area contributed by atoms with E-state index in [1.54, 1.807) is 0 Å². The van der Waals surface area contributed by atoms with Crippen LogP contribution in [0.5, 0.6) is 0 Å². The third kappa shape index (κ3) is 5.02. The summed E-state index contributed by atoms with van der Waals surface area (Å²) < 4.78 is 0.992. The molecule has 0 radical (unpaired) electrons. The van der Waals surface area contributed by atoms with Gasteiger partial charge in [-0.3, -0.25) is 0 Å². The molecule has 1 unspecified atom stereocenters. The van der Waals surface area contributed by atoms with Gasteiger partial charge < -0.3 is 5.32 Å². The molecule has 0 aliphatic rings. The van der Waals surface area contributed by atoms with Crippen molar-refractivity contribution < 1.29 is 0 Å². The van der Waals surface area contributed by atoms with Crippen LogP contribution in [0.2, 0.25) is 5.02 Å². The number of rotatable bonds is 3. The quantitative estimate of drug-likeness (QED) is 0.786. The molecule has 1 atom stereocenters. The van der Waals surface area contributed by atoms with Gasteiger partial charge in [0.25, 0.3) is 0 Å². The van der Waals surface area contributed by atoms with Crippen LogP contribution in [0.1, 0.15) is 38.8 Å². The summed E-state index contributed by atoms with van der Waals surface area (Å²) in [7, 11) is 1.93. The molecule has 18 heavy (non-hydrogen) atoms. The molecule has 0 saturated heterocycles. The third-order valence-electron chi connectivity index (χ3n) is 2.46. The fourth-order valence-electron chi connectivity index (χ4n) is 1.57. The Kier molecular flexibility index (Phi) is 5.72. The molecule has 0 aromatic heterocycles. The average molecular weight is 329 g/mol. The predicted octanol–water partition coefficient (Wildman–Crippen LogP) is 4.80. The summed E-state index contributed by atoms with van der Waals surface area (Å²) >= 11 is 9.67. The second-order valence-electron chi connectivity index (χ2n) is 5.26. The molecule has 0 fully saturated rings. The van der Waals surface area contributed by atoms with Crippen molar-refractivity contribution in [1.82, 2.24) is 5.32 Å². The van der Waals surface area contributed by atoms with Gasteiger partial charge in [-0.2, -0.15) is 0 Å². The van der Waals surface area contributed by atoms with Crippen LogP contribution in [0.25, 0.3) is 0 Å². The lowest BCUT2D eigenvalue weighted by molar-refractivity contribution is 0.566. The number of benzene rings is 1. The SMILES string of the molecule is CNC(CC#CC(C)(C)C)c1ccc(Br)cc1Cl. The molecule has 0 aliphatic carbocycles. The van der Waals surface area contributed by atoms with Crippen LogP contribution in [-0.4, -0.2) is 7.05 Å². The molecule has 0 saturated carbocycles. The summed E-state index contributed by atoms with van der Waals surface area (Å²) in [6, 6.07) is 6.12. The molecular weight excluding hydrogens is 310 g/mol. The second kappa shape index (κ2) is 6.61. The minimum absolute atomic E-state index is 0.0435. The maximum absolute atomic E-state index is 6.25. The molecule has 0 spiro atoms. The molecule has 0 heterocycles. The monoisotopic (exact) mass is 327 g/mol. The molecule has 1 N–H and O–H groups in total. The second-order valence-corrected chi connectivity index (χ2v) is 6.59. The highest BCUT2D eigenvalue weighted by atomic mass is 79.9. The lowest BCUT2D eigenvalue weighted by Gasteiger charge is -2.16. The summed E-state index contributed by atoms with van der Waals surface area (Å²) in [6.45, 7) is 6.34. The standard InChI is InChI=1S/C15H19BrClN/c1-15(2,3)9-5-6-14(18-4)12-8-7-11(16)10-13(12)17/h7-8,10,14,18H,6H2,1-4H3. The van der Waals surface area contributed by atoms with E-state index >= 15 is 0 Å². The number of nitrogens with one attached hydrogen (secondary N) is 1. The first-order valence-corrected chi connectivity index (χ1v) is 7.13. The molecule has 98 valence electrons. The fourth-order valence-corrected chi connectivity index (χ4v) is 2.38. The lowest BCUT2D eigenvalue weighted by Crippen LogP contribution is -2.16. The van der Waals surface area contributed by atoms with Crippen molar-refractivity contribution in [2.75, 3.05) is 7.05 Å². The van der Waals surface area contributed by atoms with E-state index in [2.05, 4.69) is 53.9 Å². The number of halogens is 2. The summed E-state index contributed by atoms with van der Waals surface area (Å²) in [4.78, 5) is 0. The highest BCUT2D eigenvalue weighted by Gasteiger charge is 2.12. The van der Waals surface area contributed by atoms with E-state index in [1.165, 1.54) is 0 Å². The van der Waals surface area contributed by atoms with Crippen molar-refractivity contribution in [1.29, 1.82) is 0 Å². The first kappa shape index (κ1) is 15.6. The largest absolute Gasteiger partial charge is 0.312 e. The highest BCUT2D eigenvalue weighted by molar-refractivity contribution is 9.10. The molecule has 0 bridgehead atoms. The molecule has 3 heteroatoms. The molecule has 1 aromatic carbocycles. The summed E-state index contributed by atoms with van der Waals surface area (Å²) in [6.07, 6.45) is 0.759. The van der Waals surface area contributed by atoms with Gasteiger partial charge >= 0.3 is 0 Å². The average Bonchev–Trinajstić information content (AvgIpc) is 2.24. The van der Waals surface area contributed by atoms with Crippen LogP contribution >= 0.6 is 27.5 Å². The Morgan fingerprint density at radius 3 is 2.56 bits per heavy atom. The van der Waals surface area contributed by atoms with Crippen molar-refractivity contribution >= 4 is 27.5 Å². The van der Waals surface area contributed by atoms with Crippen molar-refractivity contribution in [2.24, 2.45) is 5.41 Å². The molecule has 0 aliphatic heterocycles. The zero-order valence-electron chi connectivity index (χ0n) is 11.3. The van der Waals surface area contributed by atoms with Crippen LogP contribution in [0.3, 0.4) is 0 Å². The van der Waals surface area contributed by atoms with Crippen molar-refractivity contribution in [3.8, 4) is 11.8 Å². The zero-order chi connectivity index (χ0) is 13.8. The van der Waals surface area contributed by atoms with Crippen LogP contribution < -0.4 is 5.32 Å². The Hall–Kier alpha value is -0.490. The first-order valence-electron chi connectivity index (χ1n) is 5.96. The van der Waals surface area contributed by atoms with Gasteiger partial charge in [-0.15, -0.1) is 5.92 Å². The summed E-state index contributed by atoms with van der Waals surface area (Å²) in [5.74, 6) is 6.48. The van der Waals surface area contributed by atoms with Gasteiger partial charge in [0.15, 0.2) is 0 Å². The van der Waals surface area contributed by atoms with Gasteiger partial charge in [-0.25, -0.2) is 0 Å². The minimum Gasteiger partial charge on any atom is -0.312 e. The Morgan fingerprint density at radius 2 is 2.06 bits per heavy atom. The molecule has 1 rings (SSSR count). The maximum atomic E-state index is 6.25. The number of hydrogen-bond donors (Lipinski definition) is 1. The van der Waals surface area contributed by atoms with Gasteiger partial charge in [0.05, 0.1) is 0 Å². The number of hydrogen-bond acceptors (Lipinski definition) is 1. The van der Waals surface area contributed by atoms with Crippen LogP contribution in [0.15, 0.2) is 22.7 Å². The van der Waals surface area contributed by atoms with E-state index in [0.29, 0.717) is 0 Å². The van der Waals surface area contributed by atoms with Crippen molar-refractivity contribution in [2.45, 2.75) is 33.2 Å². The molecule has 0 amide bonds. The van der Waals surface area contributed by atoms with Gasteiger partial charge in [-0.05, 0) is 45.5 Å². The Morgan fingerprint density at radius 1 is 1.39 bits per heavy atom. The topological polar surface area (TPSA) is 12.0 Å². The van der Waals surface area contributed by atoms with E-state index < -0.39 is 0 Å². The summed E-state index contributed by atoms with van der Waals surface area (Å²) in [5, 5.41) is 4.03. The van der Waals surface area contributed by atoms with Crippen LogP contribution in [0.4, 0.5) is 0 Å².